The van der Waals surface area contributed by atoms with E-state index in [-0.39, 0.29) is 10.8 Å². The first kappa shape index (κ1) is 12.5. The van der Waals surface area contributed by atoms with Gasteiger partial charge in [0.2, 0.25) is 15.9 Å². The number of fused-ring (bicyclic) bond motifs is 1. The Balaban J connectivity index is 2.76. The highest BCUT2D eigenvalue weighted by Gasteiger charge is 2.12. The van der Waals surface area contributed by atoms with E-state index in [2.05, 4.69) is 5.32 Å². The number of sulfonamides is 1. The third-order valence-electron chi connectivity index (χ3n) is 2.47. The molecule has 0 spiro atoms. The molecule has 1 amide bonds. The van der Waals surface area contributed by atoms with E-state index in [0.29, 0.717) is 11.1 Å². The van der Waals surface area contributed by atoms with Crippen LogP contribution in [-0.4, -0.2) is 14.3 Å². The second kappa shape index (κ2) is 4.40. The maximum atomic E-state index is 11.4. The minimum atomic E-state index is -3.80. The van der Waals surface area contributed by atoms with Crippen LogP contribution in [0.2, 0.25) is 0 Å². The average Bonchev–Trinajstić information content (AvgIpc) is 2.27. The molecule has 2 rings (SSSR count). The van der Waals surface area contributed by atoms with E-state index in [1.807, 2.05) is 6.07 Å². The number of carbonyl (C=O) groups is 1. The molecule has 0 radical (unpaired) electrons. The van der Waals surface area contributed by atoms with Gasteiger partial charge in [-0.2, -0.15) is 0 Å². The van der Waals surface area contributed by atoms with Crippen LogP contribution in [-0.2, 0) is 14.8 Å². The molecule has 0 aliphatic rings. The Morgan fingerprint density at radius 2 is 1.89 bits per heavy atom. The zero-order valence-electron chi connectivity index (χ0n) is 9.67. The molecule has 0 aromatic heterocycles. The molecule has 0 unspecified atom stereocenters. The Bertz CT molecular complexity index is 723. The zero-order chi connectivity index (χ0) is 13.3. The van der Waals surface area contributed by atoms with Gasteiger partial charge in [0, 0.05) is 18.0 Å². The summed E-state index contributed by atoms with van der Waals surface area (Å²) < 4.78 is 22.8. The Kier molecular flexibility index (Phi) is 3.06. The molecule has 5 nitrogen and oxygen atoms in total. The highest BCUT2D eigenvalue weighted by Crippen LogP contribution is 2.27. The number of anilines is 1. The molecule has 0 aliphatic heterocycles. The van der Waals surface area contributed by atoms with Crippen LogP contribution in [0.1, 0.15) is 6.92 Å². The lowest BCUT2D eigenvalue weighted by molar-refractivity contribution is -0.114. The molecule has 0 fully saturated rings. The van der Waals surface area contributed by atoms with Gasteiger partial charge in [0.05, 0.1) is 4.90 Å². The SMILES string of the molecule is CC(=O)Nc1cc(S(N)(=O)=O)cc2ccccc12. The van der Waals surface area contributed by atoms with Gasteiger partial charge in [-0.3, -0.25) is 4.79 Å². The Labute approximate surface area is 105 Å². The maximum Gasteiger partial charge on any atom is 0.238 e. The van der Waals surface area contributed by atoms with Crippen molar-refractivity contribution in [3.8, 4) is 0 Å². The number of hydrogen-bond donors (Lipinski definition) is 2. The molecular weight excluding hydrogens is 252 g/mol. The summed E-state index contributed by atoms with van der Waals surface area (Å²) in [7, 11) is -3.80. The summed E-state index contributed by atoms with van der Waals surface area (Å²) in [6, 6.07) is 10.00. The van der Waals surface area contributed by atoms with E-state index in [0.717, 1.165) is 5.39 Å². The molecule has 0 bridgehead atoms. The van der Waals surface area contributed by atoms with Crippen LogP contribution in [0.3, 0.4) is 0 Å². The van der Waals surface area contributed by atoms with Crippen LogP contribution in [0.5, 0.6) is 0 Å². The molecule has 0 saturated heterocycles. The van der Waals surface area contributed by atoms with E-state index >= 15 is 0 Å². The second-order valence-electron chi connectivity index (χ2n) is 3.92. The molecule has 2 aromatic rings. The van der Waals surface area contributed by atoms with Gasteiger partial charge < -0.3 is 5.32 Å². The minimum Gasteiger partial charge on any atom is -0.326 e. The van der Waals surface area contributed by atoms with Crippen LogP contribution < -0.4 is 10.5 Å². The van der Waals surface area contributed by atoms with E-state index in [1.165, 1.54) is 19.1 Å². The van der Waals surface area contributed by atoms with E-state index in [4.69, 9.17) is 5.14 Å². The number of carbonyl (C=O) groups excluding carboxylic acids is 1. The molecule has 0 atom stereocenters. The maximum absolute atomic E-state index is 11.4. The third-order valence-corrected chi connectivity index (χ3v) is 3.37. The molecule has 0 aliphatic carbocycles. The Hall–Kier alpha value is -1.92. The lowest BCUT2D eigenvalue weighted by Crippen LogP contribution is -2.13. The first-order chi connectivity index (χ1) is 8.38. The van der Waals surface area contributed by atoms with Crippen molar-refractivity contribution in [1.82, 2.24) is 0 Å². The van der Waals surface area contributed by atoms with Crippen LogP contribution in [0.25, 0.3) is 10.8 Å². The highest BCUT2D eigenvalue weighted by atomic mass is 32.2. The summed E-state index contributed by atoms with van der Waals surface area (Å²) in [4.78, 5) is 11.1. The lowest BCUT2D eigenvalue weighted by Gasteiger charge is -2.09. The van der Waals surface area contributed by atoms with Crippen LogP contribution >= 0.6 is 0 Å². The summed E-state index contributed by atoms with van der Waals surface area (Å²) in [5.74, 6) is -0.272. The molecular formula is C12H12N2O3S. The van der Waals surface area contributed by atoms with Crippen molar-refractivity contribution in [2.45, 2.75) is 11.8 Å². The van der Waals surface area contributed by atoms with Crippen molar-refractivity contribution < 1.29 is 13.2 Å². The van der Waals surface area contributed by atoms with Crippen LogP contribution in [0, 0.1) is 0 Å². The summed E-state index contributed by atoms with van der Waals surface area (Å²) in [6.07, 6.45) is 0. The lowest BCUT2D eigenvalue weighted by atomic mass is 10.1. The van der Waals surface area contributed by atoms with Crippen molar-refractivity contribution in [1.29, 1.82) is 0 Å². The van der Waals surface area contributed by atoms with Crippen molar-refractivity contribution in [2.24, 2.45) is 5.14 Å². The molecule has 94 valence electrons. The molecule has 0 saturated carbocycles. The monoisotopic (exact) mass is 264 g/mol. The molecule has 2 aromatic carbocycles. The summed E-state index contributed by atoms with van der Waals surface area (Å²) >= 11 is 0. The van der Waals surface area contributed by atoms with Crippen LogP contribution in [0.15, 0.2) is 41.3 Å². The third kappa shape index (κ3) is 2.49. The summed E-state index contributed by atoms with van der Waals surface area (Å²) in [5.41, 5.74) is 0.435. The van der Waals surface area contributed by atoms with E-state index in [9.17, 15) is 13.2 Å². The number of nitrogens with two attached hydrogens (primary N) is 1. The number of benzene rings is 2. The Morgan fingerprint density at radius 3 is 2.50 bits per heavy atom. The Morgan fingerprint density at radius 1 is 1.22 bits per heavy atom. The zero-order valence-corrected chi connectivity index (χ0v) is 10.5. The predicted octanol–water partition coefficient (Wildman–Crippen LogP) is 1.45. The molecule has 18 heavy (non-hydrogen) atoms. The van der Waals surface area contributed by atoms with E-state index in [1.54, 1.807) is 18.2 Å². The van der Waals surface area contributed by atoms with Crippen molar-refractivity contribution in [2.75, 3.05) is 5.32 Å². The van der Waals surface area contributed by atoms with Gasteiger partial charge in [-0.1, -0.05) is 24.3 Å². The van der Waals surface area contributed by atoms with E-state index < -0.39 is 10.0 Å². The largest absolute Gasteiger partial charge is 0.326 e. The number of rotatable bonds is 2. The number of hydrogen-bond acceptors (Lipinski definition) is 3. The van der Waals surface area contributed by atoms with Gasteiger partial charge in [-0.05, 0) is 17.5 Å². The van der Waals surface area contributed by atoms with Gasteiger partial charge in [-0.15, -0.1) is 0 Å². The topological polar surface area (TPSA) is 89.3 Å². The smallest absolute Gasteiger partial charge is 0.238 e. The predicted molar refractivity (Wildman–Crippen MR) is 69.6 cm³/mol. The van der Waals surface area contributed by atoms with Gasteiger partial charge >= 0.3 is 0 Å². The van der Waals surface area contributed by atoms with Crippen LogP contribution in [0.4, 0.5) is 5.69 Å². The minimum absolute atomic E-state index is 0.0232. The van der Waals surface area contributed by atoms with Gasteiger partial charge in [0.1, 0.15) is 0 Å². The normalized spacial score (nSPS) is 11.4. The number of nitrogens with one attached hydrogen (secondary N) is 1. The number of primary sulfonamides is 1. The van der Waals surface area contributed by atoms with Gasteiger partial charge in [0.25, 0.3) is 0 Å². The van der Waals surface area contributed by atoms with Crippen molar-refractivity contribution >= 4 is 32.4 Å². The van der Waals surface area contributed by atoms with Gasteiger partial charge in [0.15, 0.2) is 0 Å². The number of amides is 1. The van der Waals surface area contributed by atoms with Crippen molar-refractivity contribution in [3.63, 3.8) is 0 Å². The molecule has 3 N–H and O–H groups in total. The molecule has 6 heteroatoms. The fourth-order valence-electron chi connectivity index (χ4n) is 1.74. The van der Waals surface area contributed by atoms with Crippen molar-refractivity contribution in [3.05, 3.63) is 36.4 Å². The quantitative estimate of drug-likeness (QED) is 0.860. The first-order valence-electron chi connectivity index (χ1n) is 5.21. The first-order valence-corrected chi connectivity index (χ1v) is 6.76. The fraction of sp³-hybridized carbons (Fsp3) is 0.0833. The summed E-state index contributed by atoms with van der Waals surface area (Å²) in [6.45, 7) is 1.36. The highest BCUT2D eigenvalue weighted by molar-refractivity contribution is 7.89. The molecule has 0 heterocycles. The standard InChI is InChI=1S/C12H12N2O3S/c1-8(15)14-12-7-10(18(13,16)17)6-9-4-2-3-5-11(9)12/h2-7H,1H3,(H,14,15)(H2,13,16,17). The fourth-order valence-corrected chi connectivity index (χ4v) is 2.31. The second-order valence-corrected chi connectivity index (χ2v) is 5.48. The van der Waals surface area contributed by atoms with Gasteiger partial charge in [-0.25, -0.2) is 13.6 Å². The summed E-state index contributed by atoms with van der Waals surface area (Å²) in [5, 5.41) is 9.17. The average molecular weight is 264 g/mol.